The second-order valence-electron chi connectivity index (χ2n) is 5.81. The van der Waals surface area contributed by atoms with Gasteiger partial charge in [-0.25, -0.2) is 4.79 Å². The minimum absolute atomic E-state index is 0.0103. The average Bonchev–Trinajstić information content (AvgIpc) is 3.04. The number of aliphatic hydroxyl groups excluding tert-OH is 1. The first-order valence-corrected chi connectivity index (χ1v) is 8.07. The second-order valence-corrected chi connectivity index (χ2v) is 5.81. The van der Waals surface area contributed by atoms with E-state index in [1.54, 1.807) is 12.1 Å². The standard InChI is InChI=1S/C16H20N4O5/c21-10-14(22)18-15(23)13-9-20(16(24)25-13)12-3-1-11(2-4-12)19-7-5-17-6-8-19/h1-4,13,17,21H,5-10H2,(H,18,22,23). The van der Waals surface area contributed by atoms with E-state index in [9.17, 15) is 14.4 Å². The molecule has 1 aromatic carbocycles. The largest absolute Gasteiger partial charge is 0.434 e. The van der Waals surface area contributed by atoms with Gasteiger partial charge in [-0.15, -0.1) is 0 Å². The van der Waals surface area contributed by atoms with E-state index < -0.39 is 30.6 Å². The van der Waals surface area contributed by atoms with Crippen LogP contribution in [0.15, 0.2) is 24.3 Å². The SMILES string of the molecule is O=C(CO)NC(=O)C1CN(c2ccc(N3CCNCC3)cc2)C(=O)O1. The third-order valence-electron chi connectivity index (χ3n) is 4.15. The van der Waals surface area contributed by atoms with E-state index in [0.29, 0.717) is 5.69 Å². The minimum atomic E-state index is -1.09. The maximum Gasteiger partial charge on any atom is 0.415 e. The van der Waals surface area contributed by atoms with Gasteiger partial charge < -0.3 is 20.1 Å². The molecule has 0 aromatic heterocycles. The number of benzene rings is 1. The van der Waals surface area contributed by atoms with Gasteiger partial charge >= 0.3 is 6.09 Å². The van der Waals surface area contributed by atoms with Crippen LogP contribution in [0.1, 0.15) is 0 Å². The van der Waals surface area contributed by atoms with Crippen LogP contribution >= 0.6 is 0 Å². The average molecular weight is 348 g/mol. The fraction of sp³-hybridized carbons (Fsp3) is 0.438. The zero-order valence-corrected chi connectivity index (χ0v) is 13.6. The van der Waals surface area contributed by atoms with E-state index in [1.165, 1.54) is 4.90 Å². The van der Waals surface area contributed by atoms with Crippen molar-refractivity contribution >= 4 is 29.3 Å². The summed E-state index contributed by atoms with van der Waals surface area (Å²) in [5.41, 5.74) is 1.69. The van der Waals surface area contributed by atoms with Gasteiger partial charge in [-0.3, -0.25) is 19.8 Å². The Morgan fingerprint density at radius 1 is 1.20 bits per heavy atom. The Kier molecular flexibility index (Phi) is 5.15. The number of anilines is 2. The molecule has 0 aliphatic carbocycles. The highest BCUT2D eigenvalue weighted by molar-refractivity contribution is 6.01. The summed E-state index contributed by atoms with van der Waals surface area (Å²) in [7, 11) is 0. The predicted octanol–water partition coefficient (Wildman–Crippen LogP) is -0.943. The van der Waals surface area contributed by atoms with Crippen LogP contribution < -0.4 is 20.4 Å². The van der Waals surface area contributed by atoms with Gasteiger partial charge in [0.05, 0.1) is 6.54 Å². The van der Waals surface area contributed by atoms with Gasteiger partial charge in [-0.05, 0) is 24.3 Å². The quantitative estimate of drug-likeness (QED) is 0.644. The normalized spacial score (nSPS) is 20.4. The van der Waals surface area contributed by atoms with Crippen LogP contribution in [0.2, 0.25) is 0 Å². The van der Waals surface area contributed by atoms with Crippen molar-refractivity contribution in [3.8, 4) is 0 Å². The third-order valence-corrected chi connectivity index (χ3v) is 4.15. The van der Waals surface area contributed by atoms with Gasteiger partial charge in [0, 0.05) is 37.6 Å². The molecule has 3 rings (SSSR count). The first-order chi connectivity index (χ1) is 12.1. The van der Waals surface area contributed by atoms with Crippen molar-refractivity contribution in [3.05, 3.63) is 24.3 Å². The number of amides is 3. The molecule has 2 aliphatic heterocycles. The van der Waals surface area contributed by atoms with E-state index in [-0.39, 0.29) is 6.54 Å². The van der Waals surface area contributed by atoms with Gasteiger partial charge in [0.2, 0.25) is 0 Å². The Hall–Kier alpha value is -2.65. The maximum atomic E-state index is 12.0. The van der Waals surface area contributed by atoms with Crippen LogP contribution in [-0.4, -0.2) is 68.4 Å². The van der Waals surface area contributed by atoms with Crippen molar-refractivity contribution in [1.29, 1.82) is 0 Å². The topological polar surface area (TPSA) is 111 Å². The molecule has 2 saturated heterocycles. The van der Waals surface area contributed by atoms with E-state index >= 15 is 0 Å². The number of carbonyl (C=O) groups excluding carboxylic acids is 3. The van der Waals surface area contributed by atoms with Gasteiger partial charge in [-0.1, -0.05) is 0 Å². The molecule has 1 atom stereocenters. The number of aliphatic hydroxyl groups is 1. The highest BCUT2D eigenvalue weighted by Crippen LogP contribution is 2.25. The monoisotopic (exact) mass is 348 g/mol. The Morgan fingerprint density at radius 3 is 2.48 bits per heavy atom. The number of nitrogens with one attached hydrogen (secondary N) is 2. The van der Waals surface area contributed by atoms with Crippen molar-refractivity contribution in [2.75, 3.05) is 49.1 Å². The zero-order chi connectivity index (χ0) is 17.8. The summed E-state index contributed by atoms with van der Waals surface area (Å²) in [6.07, 6.45) is -1.73. The molecule has 2 aliphatic rings. The lowest BCUT2D eigenvalue weighted by atomic mass is 10.2. The van der Waals surface area contributed by atoms with Crippen molar-refractivity contribution in [3.63, 3.8) is 0 Å². The Morgan fingerprint density at radius 2 is 1.84 bits per heavy atom. The molecule has 0 saturated carbocycles. The van der Waals surface area contributed by atoms with Gasteiger partial charge in [0.25, 0.3) is 11.8 Å². The number of cyclic esters (lactones) is 1. The molecule has 9 heteroatoms. The number of piperazine rings is 1. The summed E-state index contributed by atoms with van der Waals surface area (Å²) in [6, 6.07) is 7.46. The minimum Gasteiger partial charge on any atom is -0.434 e. The summed E-state index contributed by atoms with van der Waals surface area (Å²) in [6.45, 7) is 2.92. The molecular formula is C16H20N4O5. The fourth-order valence-electron chi connectivity index (χ4n) is 2.83. The smallest absolute Gasteiger partial charge is 0.415 e. The number of imide groups is 1. The molecule has 0 radical (unpaired) electrons. The first kappa shape index (κ1) is 17.2. The van der Waals surface area contributed by atoms with E-state index in [0.717, 1.165) is 31.9 Å². The molecular weight excluding hydrogens is 328 g/mol. The zero-order valence-electron chi connectivity index (χ0n) is 13.6. The molecule has 1 unspecified atom stereocenters. The van der Waals surface area contributed by atoms with Crippen LogP contribution in [-0.2, 0) is 14.3 Å². The summed E-state index contributed by atoms with van der Waals surface area (Å²) in [5, 5.41) is 13.9. The van der Waals surface area contributed by atoms with Crippen molar-refractivity contribution < 1.29 is 24.2 Å². The molecule has 25 heavy (non-hydrogen) atoms. The highest BCUT2D eigenvalue weighted by atomic mass is 16.6. The highest BCUT2D eigenvalue weighted by Gasteiger charge is 2.37. The fourth-order valence-corrected chi connectivity index (χ4v) is 2.83. The van der Waals surface area contributed by atoms with Crippen LogP contribution in [0.25, 0.3) is 0 Å². The molecule has 134 valence electrons. The van der Waals surface area contributed by atoms with E-state index in [1.807, 2.05) is 17.4 Å². The third kappa shape index (κ3) is 3.89. The van der Waals surface area contributed by atoms with E-state index in [2.05, 4.69) is 10.2 Å². The number of nitrogens with zero attached hydrogens (tertiary/aromatic N) is 2. The molecule has 1 aromatic rings. The Labute approximate surface area is 144 Å². The van der Waals surface area contributed by atoms with Gasteiger partial charge in [0.15, 0.2) is 6.10 Å². The molecule has 3 amide bonds. The van der Waals surface area contributed by atoms with Crippen LogP contribution in [0.5, 0.6) is 0 Å². The molecule has 0 spiro atoms. The van der Waals surface area contributed by atoms with Gasteiger partial charge in [-0.2, -0.15) is 0 Å². The number of hydrogen-bond acceptors (Lipinski definition) is 7. The Bertz CT molecular complexity index is 657. The molecule has 9 nitrogen and oxygen atoms in total. The molecule has 3 N–H and O–H groups in total. The summed E-state index contributed by atoms with van der Waals surface area (Å²) in [4.78, 5) is 38.5. The van der Waals surface area contributed by atoms with Crippen LogP contribution in [0.3, 0.4) is 0 Å². The van der Waals surface area contributed by atoms with Crippen molar-refractivity contribution in [2.45, 2.75) is 6.10 Å². The molecule has 2 heterocycles. The number of ether oxygens (including phenoxy) is 1. The summed E-state index contributed by atoms with van der Waals surface area (Å²) >= 11 is 0. The molecule has 2 fully saturated rings. The van der Waals surface area contributed by atoms with Crippen LogP contribution in [0, 0.1) is 0 Å². The summed E-state index contributed by atoms with van der Waals surface area (Å²) < 4.78 is 5.00. The summed E-state index contributed by atoms with van der Waals surface area (Å²) in [5.74, 6) is -1.58. The lowest BCUT2D eigenvalue weighted by molar-refractivity contribution is -0.135. The number of rotatable bonds is 4. The lowest BCUT2D eigenvalue weighted by Gasteiger charge is -2.29. The van der Waals surface area contributed by atoms with Crippen LogP contribution in [0.4, 0.5) is 16.2 Å². The first-order valence-electron chi connectivity index (χ1n) is 8.07. The Balaban J connectivity index is 1.64. The van der Waals surface area contributed by atoms with Crippen molar-refractivity contribution in [1.82, 2.24) is 10.6 Å². The predicted molar refractivity (Wildman–Crippen MR) is 89.4 cm³/mol. The number of hydrogen-bond donors (Lipinski definition) is 3. The van der Waals surface area contributed by atoms with Crippen molar-refractivity contribution in [2.24, 2.45) is 0 Å². The maximum absolute atomic E-state index is 12.0. The second kappa shape index (κ2) is 7.49. The number of carbonyl (C=O) groups is 3. The van der Waals surface area contributed by atoms with Gasteiger partial charge in [0.1, 0.15) is 6.61 Å². The molecule has 0 bridgehead atoms. The lowest BCUT2D eigenvalue weighted by Crippen LogP contribution is -2.43. The van der Waals surface area contributed by atoms with E-state index in [4.69, 9.17) is 9.84 Å².